The number of rotatable bonds is 6. The first-order valence-electron chi connectivity index (χ1n) is 10.6. The van der Waals surface area contributed by atoms with E-state index in [1.54, 1.807) is 30.3 Å². The van der Waals surface area contributed by atoms with Gasteiger partial charge in [-0.3, -0.25) is 14.6 Å². The first-order chi connectivity index (χ1) is 15.0. The van der Waals surface area contributed by atoms with E-state index in [1.807, 2.05) is 12.1 Å². The molecule has 0 radical (unpaired) electrons. The molecule has 1 amide bonds. The van der Waals surface area contributed by atoms with Crippen molar-refractivity contribution in [1.29, 1.82) is 0 Å². The van der Waals surface area contributed by atoms with E-state index in [2.05, 4.69) is 28.1 Å². The van der Waals surface area contributed by atoms with Crippen LogP contribution in [0.3, 0.4) is 0 Å². The molecule has 1 fully saturated rings. The van der Waals surface area contributed by atoms with E-state index in [1.165, 1.54) is 5.56 Å². The van der Waals surface area contributed by atoms with Crippen molar-refractivity contribution in [3.63, 3.8) is 0 Å². The number of nitrogens with one attached hydrogen (secondary N) is 1. The van der Waals surface area contributed by atoms with Gasteiger partial charge in [0, 0.05) is 54.9 Å². The number of piperazine rings is 1. The summed E-state index contributed by atoms with van der Waals surface area (Å²) in [6.45, 7) is 6.44. The SMILES string of the molecule is CCc1ccc2oc(=O)cc(CN3CCN(CC(=O)Nc4ccc(Cl)cc4)CC3)c2c1. The minimum atomic E-state index is -0.316. The van der Waals surface area contributed by atoms with Gasteiger partial charge in [0.1, 0.15) is 5.58 Å². The fourth-order valence-corrected chi connectivity index (χ4v) is 4.03. The number of carbonyl (C=O) groups excluding carboxylic acids is 1. The molecule has 1 N–H and O–H groups in total. The van der Waals surface area contributed by atoms with Crippen LogP contribution in [-0.4, -0.2) is 48.4 Å². The number of aryl methyl sites for hydroxylation is 1. The molecule has 0 unspecified atom stereocenters. The van der Waals surface area contributed by atoms with Gasteiger partial charge >= 0.3 is 5.63 Å². The zero-order valence-electron chi connectivity index (χ0n) is 17.6. The highest BCUT2D eigenvalue weighted by Crippen LogP contribution is 2.21. The third-order valence-electron chi connectivity index (χ3n) is 5.65. The molecule has 0 aliphatic carbocycles. The lowest BCUT2D eigenvalue weighted by molar-refractivity contribution is -0.117. The highest BCUT2D eigenvalue weighted by molar-refractivity contribution is 6.30. The molecule has 0 saturated carbocycles. The number of benzene rings is 2. The van der Waals surface area contributed by atoms with Crippen LogP contribution in [0.25, 0.3) is 11.0 Å². The topological polar surface area (TPSA) is 65.8 Å². The number of nitrogens with zero attached hydrogens (tertiary/aromatic N) is 2. The van der Waals surface area contributed by atoms with E-state index in [-0.39, 0.29) is 11.5 Å². The second kappa shape index (κ2) is 9.64. The summed E-state index contributed by atoms with van der Waals surface area (Å²) in [4.78, 5) is 28.8. The highest BCUT2D eigenvalue weighted by Gasteiger charge is 2.20. The molecule has 31 heavy (non-hydrogen) atoms. The van der Waals surface area contributed by atoms with Crippen LogP contribution < -0.4 is 10.9 Å². The zero-order valence-corrected chi connectivity index (χ0v) is 18.3. The van der Waals surface area contributed by atoms with Crippen molar-refractivity contribution in [3.05, 3.63) is 75.1 Å². The molecule has 2 aromatic carbocycles. The Morgan fingerprint density at radius 2 is 1.74 bits per heavy atom. The van der Waals surface area contributed by atoms with Gasteiger partial charge in [-0.15, -0.1) is 0 Å². The maximum atomic E-state index is 12.3. The molecule has 0 bridgehead atoms. The van der Waals surface area contributed by atoms with Crippen molar-refractivity contribution < 1.29 is 9.21 Å². The minimum absolute atomic E-state index is 0.0328. The third-order valence-corrected chi connectivity index (χ3v) is 5.91. The minimum Gasteiger partial charge on any atom is -0.423 e. The van der Waals surface area contributed by atoms with Crippen molar-refractivity contribution in [3.8, 4) is 0 Å². The Labute approximate surface area is 186 Å². The molecule has 1 saturated heterocycles. The van der Waals surface area contributed by atoms with Gasteiger partial charge in [-0.05, 0) is 53.9 Å². The van der Waals surface area contributed by atoms with Crippen LogP contribution >= 0.6 is 11.6 Å². The Morgan fingerprint density at radius 3 is 2.45 bits per heavy atom. The summed E-state index contributed by atoms with van der Waals surface area (Å²) in [5, 5.41) is 4.55. The Morgan fingerprint density at radius 1 is 1.03 bits per heavy atom. The molecule has 2 heterocycles. The molecule has 0 spiro atoms. The van der Waals surface area contributed by atoms with Crippen LogP contribution in [-0.2, 0) is 17.8 Å². The monoisotopic (exact) mass is 439 g/mol. The van der Waals surface area contributed by atoms with Crippen molar-refractivity contribution in [1.82, 2.24) is 9.80 Å². The summed E-state index contributed by atoms with van der Waals surface area (Å²) in [6, 6.07) is 14.7. The lowest BCUT2D eigenvalue weighted by Crippen LogP contribution is -2.48. The number of carbonyl (C=O) groups is 1. The number of hydrogen-bond acceptors (Lipinski definition) is 5. The fourth-order valence-electron chi connectivity index (χ4n) is 3.91. The highest BCUT2D eigenvalue weighted by atomic mass is 35.5. The molecule has 0 atom stereocenters. The number of fused-ring (bicyclic) bond motifs is 1. The lowest BCUT2D eigenvalue weighted by atomic mass is 10.0. The van der Waals surface area contributed by atoms with Gasteiger partial charge < -0.3 is 9.73 Å². The van der Waals surface area contributed by atoms with E-state index in [0.717, 1.165) is 49.2 Å². The Hall–Kier alpha value is -2.67. The Kier molecular flexibility index (Phi) is 6.70. The Balaban J connectivity index is 1.34. The van der Waals surface area contributed by atoms with Crippen LogP contribution in [0.1, 0.15) is 18.1 Å². The lowest BCUT2D eigenvalue weighted by Gasteiger charge is -2.34. The normalized spacial score (nSPS) is 15.3. The van der Waals surface area contributed by atoms with Gasteiger partial charge in [0.05, 0.1) is 6.54 Å². The van der Waals surface area contributed by atoms with Crippen LogP contribution in [0, 0.1) is 0 Å². The van der Waals surface area contributed by atoms with Crippen molar-refractivity contribution in [2.24, 2.45) is 0 Å². The molecule has 4 rings (SSSR count). The van der Waals surface area contributed by atoms with Gasteiger partial charge in [0.15, 0.2) is 0 Å². The number of hydrogen-bond donors (Lipinski definition) is 1. The molecule has 7 heteroatoms. The molecule has 6 nitrogen and oxygen atoms in total. The van der Waals surface area contributed by atoms with Crippen LogP contribution in [0.5, 0.6) is 0 Å². The summed E-state index contributed by atoms with van der Waals surface area (Å²) >= 11 is 5.88. The summed E-state index contributed by atoms with van der Waals surface area (Å²) < 4.78 is 5.37. The first-order valence-corrected chi connectivity index (χ1v) is 10.9. The van der Waals surface area contributed by atoms with Gasteiger partial charge in [-0.2, -0.15) is 0 Å². The molecular weight excluding hydrogens is 414 g/mol. The largest absolute Gasteiger partial charge is 0.423 e. The third kappa shape index (κ3) is 5.53. The number of amides is 1. The summed E-state index contributed by atoms with van der Waals surface area (Å²) in [6.07, 6.45) is 0.936. The van der Waals surface area contributed by atoms with E-state index >= 15 is 0 Å². The number of anilines is 1. The van der Waals surface area contributed by atoms with Crippen molar-refractivity contribution in [2.75, 3.05) is 38.0 Å². The molecule has 1 aliphatic rings. The summed E-state index contributed by atoms with van der Waals surface area (Å²) in [7, 11) is 0. The van der Waals surface area contributed by atoms with E-state index < -0.39 is 0 Å². The van der Waals surface area contributed by atoms with Crippen LogP contribution in [0.15, 0.2) is 57.7 Å². The quantitative estimate of drug-likeness (QED) is 0.592. The van der Waals surface area contributed by atoms with Gasteiger partial charge in [-0.1, -0.05) is 24.6 Å². The average molecular weight is 440 g/mol. The second-order valence-corrected chi connectivity index (χ2v) is 8.32. The van der Waals surface area contributed by atoms with E-state index in [4.69, 9.17) is 16.0 Å². The summed E-state index contributed by atoms with van der Waals surface area (Å²) in [5.74, 6) is -0.0328. The predicted molar refractivity (Wildman–Crippen MR) is 124 cm³/mol. The number of halogens is 1. The molecule has 3 aromatic rings. The van der Waals surface area contributed by atoms with Crippen molar-refractivity contribution in [2.45, 2.75) is 19.9 Å². The summed E-state index contributed by atoms with van der Waals surface area (Å²) in [5.41, 5.74) is 3.28. The smallest absolute Gasteiger partial charge is 0.336 e. The van der Waals surface area contributed by atoms with Gasteiger partial charge in [-0.25, -0.2) is 4.79 Å². The Bertz CT molecular complexity index is 1120. The standard InChI is InChI=1S/C24H26ClN3O3/c1-2-17-3-8-22-21(13-17)18(14-24(30)31-22)15-27-9-11-28(12-10-27)16-23(29)26-20-6-4-19(25)5-7-20/h3-8,13-14H,2,9-12,15-16H2,1H3,(H,26,29). The second-order valence-electron chi connectivity index (χ2n) is 7.88. The molecule has 162 valence electrons. The zero-order chi connectivity index (χ0) is 21.8. The van der Waals surface area contributed by atoms with Crippen molar-refractivity contribution >= 4 is 34.2 Å². The fraction of sp³-hybridized carbons (Fsp3) is 0.333. The maximum Gasteiger partial charge on any atom is 0.336 e. The predicted octanol–water partition coefficient (Wildman–Crippen LogP) is 3.77. The van der Waals surface area contributed by atoms with E-state index in [0.29, 0.717) is 23.7 Å². The van der Waals surface area contributed by atoms with Gasteiger partial charge in [0.25, 0.3) is 0 Å². The average Bonchev–Trinajstić information content (AvgIpc) is 2.76. The first kappa shape index (κ1) is 21.6. The molecular formula is C24H26ClN3O3. The van der Waals surface area contributed by atoms with E-state index in [9.17, 15) is 9.59 Å². The van der Waals surface area contributed by atoms with Crippen LogP contribution in [0.4, 0.5) is 5.69 Å². The molecule has 1 aromatic heterocycles. The van der Waals surface area contributed by atoms with Gasteiger partial charge in [0.2, 0.25) is 5.91 Å². The maximum absolute atomic E-state index is 12.3. The van der Waals surface area contributed by atoms with Crippen LogP contribution in [0.2, 0.25) is 5.02 Å². The molecule has 1 aliphatic heterocycles.